The van der Waals surface area contributed by atoms with Crippen LogP contribution in [0.2, 0.25) is 0 Å². The molecule has 0 saturated carbocycles. The van der Waals surface area contributed by atoms with Crippen molar-refractivity contribution in [3.63, 3.8) is 0 Å². The Bertz CT molecular complexity index is 447. The maximum atomic E-state index is 9.13. The van der Waals surface area contributed by atoms with Crippen LogP contribution in [0, 0.1) is 25.2 Å². The number of rotatable bonds is 3. The van der Waals surface area contributed by atoms with Crippen molar-refractivity contribution >= 4 is 5.82 Å². The zero-order valence-corrected chi connectivity index (χ0v) is 10.2. The second-order valence-electron chi connectivity index (χ2n) is 4.26. The lowest BCUT2D eigenvalue weighted by atomic mass is 10.1. The molecule has 0 bridgehead atoms. The van der Waals surface area contributed by atoms with Crippen LogP contribution in [0.5, 0.6) is 0 Å². The van der Waals surface area contributed by atoms with Gasteiger partial charge in [-0.1, -0.05) is 0 Å². The van der Waals surface area contributed by atoms with Crippen molar-refractivity contribution in [1.82, 2.24) is 10.2 Å². The number of hydrogen-bond donors (Lipinski definition) is 1. The number of aryl methyl sites for hydroxylation is 1. The summed E-state index contributed by atoms with van der Waals surface area (Å²) in [4.78, 5) is 0. The first-order valence-corrected chi connectivity index (χ1v) is 5.82. The lowest BCUT2D eigenvalue weighted by Gasteiger charge is -2.13. The monoisotopic (exact) mass is 232 g/mol. The number of anilines is 1. The third-order valence-corrected chi connectivity index (χ3v) is 3.09. The van der Waals surface area contributed by atoms with Gasteiger partial charge < -0.3 is 10.1 Å². The van der Waals surface area contributed by atoms with Crippen LogP contribution in [0.25, 0.3) is 0 Å². The Kier molecular flexibility index (Phi) is 3.55. The Morgan fingerprint density at radius 1 is 1.47 bits per heavy atom. The van der Waals surface area contributed by atoms with Crippen LogP contribution in [0.4, 0.5) is 5.82 Å². The van der Waals surface area contributed by atoms with Crippen molar-refractivity contribution in [3.05, 3.63) is 16.8 Å². The average Bonchev–Trinajstić information content (AvgIpc) is 2.83. The highest BCUT2D eigenvalue weighted by Gasteiger charge is 2.17. The molecule has 5 nitrogen and oxygen atoms in total. The second kappa shape index (κ2) is 5.11. The molecule has 0 aliphatic carbocycles. The first-order valence-electron chi connectivity index (χ1n) is 5.82. The molecule has 90 valence electrons. The molecule has 1 fully saturated rings. The van der Waals surface area contributed by atoms with Crippen LogP contribution < -0.4 is 5.32 Å². The summed E-state index contributed by atoms with van der Waals surface area (Å²) < 4.78 is 5.51. The summed E-state index contributed by atoms with van der Waals surface area (Å²) in [5.74, 6) is 0.561. The molecule has 1 atom stereocenters. The fourth-order valence-electron chi connectivity index (χ4n) is 1.88. The van der Waals surface area contributed by atoms with Crippen molar-refractivity contribution in [2.24, 2.45) is 0 Å². The van der Waals surface area contributed by atoms with Gasteiger partial charge in [0.1, 0.15) is 11.6 Å². The molecule has 0 amide bonds. The summed E-state index contributed by atoms with van der Waals surface area (Å²) in [6, 6.07) is 2.17. The average molecular weight is 232 g/mol. The summed E-state index contributed by atoms with van der Waals surface area (Å²) in [7, 11) is 0. The predicted molar refractivity (Wildman–Crippen MR) is 63.7 cm³/mol. The maximum absolute atomic E-state index is 9.13. The topological polar surface area (TPSA) is 70.8 Å². The molecule has 1 aromatic heterocycles. The van der Waals surface area contributed by atoms with Gasteiger partial charge in [-0.15, -0.1) is 5.10 Å². The van der Waals surface area contributed by atoms with Crippen LogP contribution in [0.15, 0.2) is 0 Å². The number of nitrogens with zero attached hydrogens (tertiary/aromatic N) is 3. The molecule has 2 heterocycles. The fraction of sp³-hybridized carbons (Fsp3) is 0.583. The van der Waals surface area contributed by atoms with Gasteiger partial charge in [-0.25, -0.2) is 0 Å². The highest BCUT2D eigenvalue weighted by molar-refractivity contribution is 5.55. The van der Waals surface area contributed by atoms with E-state index in [0.717, 1.165) is 30.7 Å². The molecule has 0 aromatic carbocycles. The first kappa shape index (κ1) is 11.8. The lowest BCUT2D eigenvalue weighted by molar-refractivity contribution is 0.120. The number of hydrogen-bond acceptors (Lipinski definition) is 5. The molecule has 2 rings (SSSR count). The number of ether oxygens (including phenoxy) is 1. The van der Waals surface area contributed by atoms with Crippen LogP contribution in [-0.2, 0) is 4.74 Å². The van der Waals surface area contributed by atoms with Gasteiger partial charge >= 0.3 is 0 Å². The molecule has 1 N–H and O–H groups in total. The van der Waals surface area contributed by atoms with E-state index in [-0.39, 0.29) is 6.10 Å². The van der Waals surface area contributed by atoms with Gasteiger partial charge in [0.15, 0.2) is 5.82 Å². The SMILES string of the molecule is Cc1nnc(NC[C@H]2CCCO2)c(C#N)c1C. The van der Waals surface area contributed by atoms with E-state index in [1.165, 1.54) is 0 Å². The Balaban J connectivity index is 2.10. The standard InChI is InChI=1S/C12H16N4O/c1-8-9(2)15-16-12(11(8)6-13)14-7-10-4-3-5-17-10/h10H,3-5,7H2,1-2H3,(H,14,16)/t10-/m1/s1. The van der Waals surface area contributed by atoms with Gasteiger partial charge in [-0.05, 0) is 32.3 Å². The van der Waals surface area contributed by atoms with Gasteiger partial charge in [0.05, 0.1) is 11.8 Å². The van der Waals surface area contributed by atoms with E-state index in [9.17, 15) is 0 Å². The highest BCUT2D eigenvalue weighted by atomic mass is 16.5. The second-order valence-corrected chi connectivity index (χ2v) is 4.26. The Hall–Kier alpha value is -1.67. The maximum Gasteiger partial charge on any atom is 0.167 e. The van der Waals surface area contributed by atoms with E-state index >= 15 is 0 Å². The molecule has 5 heteroatoms. The minimum absolute atomic E-state index is 0.227. The van der Waals surface area contributed by atoms with Crippen molar-refractivity contribution in [1.29, 1.82) is 5.26 Å². The van der Waals surface area contributed by atoms with E-state index in [0.29, 0.717) is 17.9 Å². The zero-order valence-electron chi connectivity index (χ0n) is 10.2. The largest absolute Gasteiger partial charge is 0.376 e. The lowest BCUT2D eigenvalue weighted by Crippen LogP contribution is -2.20. The summed E-state index contributed by atoms with van der Waals surface area (Å²) in [5, 5.41) is 20.3. The number of aromatic nitrogens is 2. The van der Waals surface area contributed by atoms with Gasteiger partial charge in [-0.2, -0.15) is 10.4 Å². The third kappa shape index (κ3) is 2.53. The Morgan fingerprint density at radius 2 is 2.29 bits per heavy atom. The number of nitriles is 1. The van der Waals surface area contributed by atoms with Crippen molar-refractivity contribution in [2.75, 3.05) is 18.5 Å². The summed E-state index contributed by atoms with van der Waals surface area (Å²) in [6.07, 6.45) is 2.40. The fourth-order valence-corrected chi connectivity index (χ4v) is 1.88. The molecule has 1 saturated heterocycles. The molecule has 17 heavy (non-hydrogen) atoms. The number of nitrogens with one attached hydrogen (secondary N) is 1. The smallest absolute Gasteiger partial charge is 0.167 e. The van der Waals surface area contributed by atoms with Crippen LogP contribution in [0.1, 0.15) is 29.7 Å². The Labute approximate surface area is 101 Å². The van der Waals surface area contributed by atoms with E-state index in [4.69, 9.17) is 10.00 Å². The van der Waals surface area contributed by atoms with E-state index in [2.05, 4.69) is 21.6 Å². The van der Waals surface area contributed by atoms with Crippen LogP contribution in [0.3, 0.4) is 0 Å². The normalized spacial score (nSPS) is 19.0. The van der Waals surface area contributed by atoms with Crippen molar-refractivity contribution < 1.29 is 4.74 Å². The van der Waals surface area contributed by atoms with E-state index < -0.39 is 0 Å². The highest BCUT2D eigenvalue weighted by Crippen LogP contribution is 2.18. The first-order chi connectivity index (χ1) is 8.22. The zero-order chi connectivity index (χ0) is 12.3. The molecule has 0 unspecified atom stereocenters. The molecular weight excluding hydrogens is 216 g/mol. The van der Waals surface area contributed by atoms with E-state index in [1.807, 2.05) is 13.8 Å². The van der Waals surface area contributed by atoms with Gasteiger partial charge in [-0.3, -0.25) is 0 Å². The molecule has 1 aliphatic heterocycles. The molecule has 0 spiro atoms. The van der Waals surface area contributed by atoms with Crippen molar-refractivity contribution in [3.8, 4) is 6.07 Å². The Morgan fingerprint density at radius 3 is 2.94 bits per heavy atom. The third-order valence-electron chi connectivity index (χ3n) is 3.09. The molecule has 0 radical (unpaired) electrons. The molecule has 1 aromatic rings. The van der Waals surface area contributed by atoms with Crippen LogP contribution >= 0.6 is 0 Å². The van der Waals surface area contributed by atoms with E-state index in [1.54, 1.807) is 0 Å². The van der Waals surface area contributed by atoms with Gasteiger partial charge in [0.2, 0.25) is 0 Å². The van der Waals surface area contributed by atoms with Crippen molar-refractivity contribution in [2.45, 2.75) is 32.8 Å². The molecule has 1 aliphatic rings. The summed E-state index contributed by atoms with van der Waals surface area (Å²) in [6.45, 7) is 5.26. The quantitative estimate of drug-likeness (QED) is 0.856. The minimum atomic E-state index is 0.227. The summed E-state index contributed by atoms with van der Waals surface area (Å²) >= 11 is 0. The van der Waals surface area contributed by atoms with Crippen LogP contribution in [-0.4, -0.2) is 29.5 Å². The molecular formula is C12H16N4O. The van der Waals surface area contributed by atoms with Gasteiger partial charge in [0.25, 0.3) is 0 Å². The van der Waals surface area contributed by atoms with Gasteiger partial charge in [0, 0.05) is 13.2 Å². The predicted octanol–water partition coefficient (Wildman–Crippen LogP) is 1.56. The minimum Gasteiger partial charge on any atom is -0.376 e. The summed E-state index contributed by atoms with van der Waals surface area (Å²) in [5.41, 5.74) is 2.26.